The third-order valence-corrected chi connectivity index (χ3v) is 3.63. The minimum Gasteiger partial charge on any atom is -0.504 e. The molecule has 2 aromatic carbocycles. The number of benzene rings is 2. The summed E-state index contributed by atoms with van der Waals surface area (Å²) >= 11 is 5.22. The molecular weight excluding hydrogens is 310 g/mol. The first kappa shape index (κ1) is 16.8. The molecule has 0 spiro atoms. The Kier molecular flexibility index (Phi) is 5.54. The van der Waals surface area contributed by atoms with Gasteiger partial charge in [0, 0.05) is 5.69 Å². The van der Waals surface area contributed by atoms with Gasteiger partial charge in [0.1, 0.15) is 0 Å². The van der Waals surface area contributed by atoms with E-state index in [0.717, 1.165) is 16.8 Å². The first-order valence-corrected chi connectivity index (χ1v) is 7.45. The summed E-state index contributed by atoms with van der Waals surface area (Å²) in [6.07, 6.45) is 1.60. The van der Waals surface area contributed by atoms with Crippen LogP contribution in [0.5, 0.6) is 11.5 Å². The number of hydrazone groups is 1. The summed E-state index contributed by atoms with van der Waals surface area (Å²) < 4.78 is 5.05. The molecule has 6 heteroatoms. The first-order chi connectivity index (χ1) is 11.0. The quantitative estimate of drug-likeness (QED) is 0.456. The number of thiocarbonyl (C=S) groups is 1. The molecule has 0 saturated carbocycles. The summed E-state index contributed by atoms with van der Waals surface area (Å²) in [6.45, 7) is 4.08. The Bertz CT molecular complexity index is 745. The van der Waals surface area contributed by atoms with Crippen LogP contribution in [0.3, 0.4) is 0 Å². The Morgan fingerprint density at radius 1 is 1.26 bits per heavy atom. The van der Waals surface area contributed by atoms with Crippen molar-refractivity contribution in [2.45, 2.75) is 13.8 Å². The minimum atomic E-state index is 0.0877. The summed E-state index contributed by atoms with van der Waals surface area (Å²) in [4.78, 5) is 0. The molecule has 0 atom stereocenters. The van der Waals surface area contributed by atoms with Crippen LogP contribution in [-0.2, 0) is 0 Å². The van der Waals surface area contributed by atoms with Crippen LogP contribution in [0, 0.1) is 13.8 Å². The molecule has 120 valence electrons. The molecule has 0 aliphatic heterocycles. The fourth-order valence-electron chi connectivity index (χ4n) is 1.98. The summed E-state index contributed by atoms with van der Waals surface area (Å²) in [7, 11) is 1.50. The van der Waals surface area contributed by atoms with Crippen molar-refractivity contribution >= 4 is 29.2 Å². The second kappa shape index (κ2) is 7.60. The van der Waals surface area contributed by atoms with Crippen molar-refractivity contribution < 1.29 is 9.84 Å². The van der Waals surface area contributed by atoms with Crippen LogP contribution in [0.15, 0.2) is 41.5 Å². The van der Waals surface area contributed by atoms with Crippen molar-refractivity contribution in [2.24, 2.45) is 5.10 Å². The number of aromatic hydroxyl groups is 1. The minimum absolute atomic E-state index is 0.0877. The molecule has 5 nitrogen and oxygen atoms in total. The Labute approximate surface area is 141 Å². The Balaban J connectivity index is 1.97. The van der Waals surface area contributed by atoms with E-state index in [1.807, 2.05) is 32.0 Å². The topological polar surface area (TPSA) is 65.9 Å². The maximum absolute atomic E-state index is 9.55. The molecule has 0 heterocycles. The van der Waals surface area contributed by atoms with E-state index in [1.165, 1.54) is 12.7 Å². The van der Waals surface area contributed by atoms with Crippen LogP contribution in [0.4, 0.5) is 5.69 Å². The van der Waals surface area contributed by atoms with E-state index in [2.05, 4.69) is 15.8 Å². The van der Waals surface area contributed by atoms with E-state index in [1.54, 1.807) is 24.4 Å². The largest absolute Gasteiger partial charge is 0.504 e. The number of nitrogens with one attached hydrogen (secondary N) is 2. The van der Waals surface area contributed by atoms with Crippen molar-refractivity contribution in [3.8, 4) is 11.5 Å². The SMILES string of the molecule is COc1cc(C=NNC(=S)Nc2cccc(C)c2C)ccc1O. The first-order valence-electron chi connectivity index (χ1n) is 7.04. The van der Waals surface area contributed by atoms with Gasteiger partial charge in [0.2, 0.25) is 0 Å². The van der Waals surface area contributed by atoms with Gasteiger partial charge in [0.25, 0.3) is 0 Å². The molecule has 0 saturated heterocycles. The van der Waals surface area contributed by atoms with E-state index >= 15 is 0 Å². The lowest BCUT2D eigenvalue weighted by molar-refractivity contribution is 0.373. The lowest BCUT2D eigenvalue weighted by Crippen LogP contribution is -2.24. The molecular formula is C17H19N3O2S. The van der Waals surface area contributed by atoms with E-state index in [0.29, 0.717) is 10.9 Å². The molecule has 0 aliphatic rings. The molecule has 0 unspecified atom stereocenters. The highest BCUT2D eigenvalue weighted by Crippen LogP contribution is 2.25. The van der Waals surface area contributed by atoms with E-state index in [9.17, 15) is 5.11 Å². The lowest BCUT2D eigenvalue weighted by Gasteiger charge is -2.11. The van der Waals surface area contributed by atoms with Crippen LogP contribution < -0.4 is 15.5 Å². The van der Waals surface area contributed by atoms with E-state index in [4.69, 9.17) is 17.0 Å². The van der Waals surface area contributed by atoms with Crippen molar-refractivity contribution in [2.75, 3.05) is 12.4 Å². The van der Waals surface area contributed by atoms with Crippen LogP contribution >= 0.6 is 12.2 Å². The fraction of sp³-hybridized carbons (Fsp3) is 0.176. The zero-order valence-corrected chi connectivity index (χ0v) is 14.1. The summed E-state index contributed by atoms with van der Waals surface area (Å²) in [5.74, 6) is 0.481. The fourth-order valence-corrected chi connectivity index (χ4v) is 2.14. The molecule has 2 rings (SSSR count). The van der Waals surface area contributed by atoms with E-state index in [-0.39, 0.29) is 5.75 Å². The van der Waals surface area contributed by atoms with Gasteiger partial charge in [-0.1, -0.05) is 12.1 Å². The zero-order valence-electron chi connectivity index (χ0n) is 13.3. The summed E-state index contributed by atoms with van der Waals surface area (Å²) in [5.41, 5.74) is 6.83. The number of anilines is 1. The zero-order chi connectivity index (χ0) is 16.8. The number of rotatable bonds is 4. The number of aryl methyl sites for hydroxylation is 1. The van der Waals surface area contributed by atoms with Gasteiger partial charge in [-0.25, -0.2) is 0 Å². The molecule has 0 amide bonds. The van der Waals surface area contributed by atoms with Crippen molar-refractivity contribution in [3.05, 3.63) is 53.1 Å². The average Bonchev–Trinajstić information content (AvgIpc) is 2.53. The van der Waals surface area contributed by atoms with Gasteiger partial charge in [0.05, 0.1) is 13.3 Å². The molecule has 0 aliphatic carbocycles. The standard InChI is InChI=1S/C17H19N3O2S/c1-11-5-4-6-14(12(11)2)19-17(23)20-18-10-13-7-8-15(21)16(9-13)22-3/h4-10,21H,1-3H3,(H2,19,20,23). The maximum atomic E-state index is 9.55. The molecule has 0 bridgehead atoms. The third-order valence-electron chi connectivity index (χ3n) is 3.44. The van der Waals surface area contributed by atoms with Gasteiger partial charge in [-0.2, -0.15) is 5.10 Å². The second-order valence-electron chi connectivity index (χ2n) is 5.00. The molecule has 23 heavy (non-hydrogen) atoms. The van der Waals surface area contributed by atoms with Gasteiger partial charge < -0.3 is 15.2 Å². The Hall–Kier alpha value is -2.60. The van der Waals surface area contributed by atoms with Gasteiger partial charge >= 0.3 is 0 Å². The number of ether oxygens (including phenoxy) is 1. The summed E-state index contributed by atoms with van der Waals surface area (Å²) in [6, 6.07) is 10.9. The van der Waals surface area contributed by atoms with E-state index < -0.39 is 0 Å². The van der Waals surface area contributed by atoms with Crippen molar-refractivity contribution in [1.82, 2.24) is 5.43 Å². The average molecular weight is 329 g/mol. The van der Waals surface area contributed by atoms with Gasteiger partial charge in [0.15, 0.2) is 16.6 Å². The highest BCUT2D eigenvalue weighted by molar-refractivity contribution is 7.80. The molecule has 3 N–H and O–H groups in total. The number of nitrogens with zero attached hydrogens (tertiary/aromatic N) is 1. The van der Waals surface area contributed by atoms with Crippen molar-refractivity contribution in [3.63, 3.8) is 0 Å². The summed E-state index contributed by atoms with van der Waals surface area (Å²) in [5, 5.41) is 17.1. The maximum Gasteiger partial charge on any atom is 0.191 e. The van der Waals surface area contributed by atoms with Gasteiger partial charge in [-0.3, -0.25) is 5.43 Å². The number of phenolic OH excluding ortho intramolecular Hbond substituents is 1. The van der Waals surface area contributed by atoms with Crippen LogP contribution in [0.25, 0.3) is 0 Å². The number of phenols is 1. The smallest absolute Gasteiger partial charge is 0.191 e. The van der Waals surface area contributed by atoms with Crippen LogP contribution in [-0.4, -0.2) is 23.5 Å². The second-order valence-corrected chi connectivity index (χ2v) is 5.41. The Morgan fingerprint density at radius 3 is 2.78 bits per heavy atom. The van der Waals surface area contributed by atoms with Crippen LogP contribution in [0.2, 0.25) is 0 Å². The normalized spacial score (nSPS) is 10.6. The predicted octanol–water partition coefficient (Wildman–Crippen LogP) is 3.34. The molecule has 0 aromatic heterocycles. The monoisotopic (exact) mass is 329 g/mol. The van der Waals surface area contributed by atoms with Gasteiger partial charge in [-0.15, -0.1) is 0 Å². The highest BCUT2D eigenvalue weighted by atomic mass is 32.1. The molecule has 0 fully saturated rings. The third kappa shape index (κ3) is 4.43. The molecule has 0 radical (unpaired) electrons. The molecule has 2 aromatic rings. The Morgan fingerprint density at radius 2 is 2.04 bits per heavy atom. The number of methoxy groups -OCH3 is 1. The van der Waals surface area contributed by atoms with Crippen molar-refractivity contribution in [1.29, 1.82) is 0 Å². The predicted molar refractivity (Wildman–Crippen MR) is 97.5 cm³/mol. The van der Waals surface area contributed by atoms with Crippen LogP contribution in [0.1, 0.15) is 16.7 Å². The lowest BCUT2D eigenvalue weighted by atomic mass is 10.1. The highest BCUT2D eigenvalue weighted by Gasteiger charge is 2.03. The van der Waals surface area contributed by atoms with Gasteiger partial charge in [-0.05, 0) is 67.0 Å². The number of hydrogen-bond donors (Lipinski definition) is 3. The number of hydrogen-bond acceptors (Lipinski definition) is 4.